The van der Waals surface area contributed by atoms with Crippen molar-refractivity contribution in [2.75, 3.05) is 6.54 Å². The fraction of sp³-hybridized carbons (Fsp3) is 1.00. The lowest BCUT2D eigenvalue weighted by Crippen LogP contribution is -2.32. The molecule has 0 saturated heterocycles. The third-order valence-electron chi connectivity index (χ3n) is 4.71. The molecule has 0 aromatic carbocycles. The van der Waals surface area contributed by atoms with Crippen LogP contribution in [0, 0.1) is 11.8 Å². The number of hydrogen-bond acceptors (Lipinski definition) is 1. The molecule has 0 aromatic rings. The van der Waals surface area contributed by atoms with E-state index < -0.39 is 0 Å². The highest BCUT2D eigenvalue weighted by Crippen LogP contribution is 2.28. The molecule has 0 radical (unpaired) electrons. The second kappa shape index (κ2) is 9.83. The zero-order valence-electron chi connectivity index (χ0n) is 13.0. The van der Waals surface area contributed by atoms with E-state index >= 15 is 0 Å². The van der Waals surface area contributed by atoms with Crippen LogP contribution >= 0.6 is 0 Å². The molecule has 2 unspecified atom stereocenters. The van der Waals surface area contributed by atoms with Crippen molar-refractivity contribution in [3.05, 3.63) is 0 Å². The van der Waals surface area contributed by atoms with Gasteiger partial charge in [0.15, 0.2) is 0 Å². The summed E-state index contributed by atoms with van der Waals surface area (Å²) in [7, 11) is 0. The fourth-order valence-corrected chi connectivity index (χ4v) is 3.22. The highest BCUT2D eigenvalue weighted by Gasteiger charge is 2.17. The van der Waals surface area contributed by atoms with Crippen LogP contribution in [0.2, 0.25) is 0 Å². The minimum absolute atomic E-state index is 0.779. The van der Waals surface area contributed by atoms with E-state index in [9.17, 15) is 0 Å². The topological polar surface area (TPSA) is 12.0 Å². The number of rotatable bonds is 9. The van der Waals surface area contributed by atoms with Crippen LogP contribution in [0.25, 0.3) is 0 Å². The predicted molar refractivity (Wildman–Crippen MR) is 82.0 cm³/mol. The van der Waals surface area contributed by atoms with Crippen molar-refractivity contribution >= 4 is 0 Å². The molecule has 108 valence electrons. The van der Waals surface area contributed by atoms with Crippen molar-refractivity contribution in [2.24, 2.45) is 11.8 Å². The van der Waals surface area contributed by atoms with Gasteiger partial charge in [0.1, 0.15) is 0 Å². The van der Waals surface area contributed by atoms with Gasteiger partial charge in [-0.05, 0) is 44.1 Å². The Morgan fingerprint density at radius 1 is 1.11 bits per heavy atom. The van der Waals surface area contributed by atoms with Crippen LogP contribution in [0.1, 0.15) is 85.0 Å². The van der Waals surface area contributed by atoms with E-state index in [2.05, 4.69) is 26.1 Å². The van der Waals surface area contributed by atoms with E-state index in [0.717, 1.165) is 17.9 Å². The normalized spacial score (nSPS) is 20.8. The van der Waals surface area contributed by atoms with Crippen molar-refractivity contribution in [1.82, 2.24) is 5.32 Å². The molecule has 1 N–H and O–H groups in total. The zero-order chi connectivity index (χ0) is 13.2. The lowest BCUT2D eigenvalue weighted by Gasteiger charge is -2.26. The molecule has 0 aromatic heterocycles. The van der Waals surface area contributed by atoms with Gasteiger partial charge in [-0.2, -0.15) is 0 Å². The predicted octanol–water partition coefficient (Wildman–Crippen LogP) is 5.15. The molecular formula is C17H35N. The molecule has 1 aliphatic carbocycles. The van der Waals surface area contributed by atoms with Gasteiger partial charge in [0.2, 0.25) is 0 Å². The molecule has 0 bridgehead atoms. The first kappa shape index (κ1) is 16.0. The Kier molecular flexibility index (Phi) is 8.75. The summed E-state index contributed by atoms with van der Waals surface area (Å²) in [5.41, 5.74) is 0. The number of nitrogens with one attached hydrogen (secondary N) is 1. The molecule has 1 fully saturated rings. The minimum Gasteiger partial charge on any atom is -0.314 e. The maximum Gasteiger partial charge on any atom is 0.00696 e. The maximum absolute atomic E-state index is 3.77. The molecule has 0 aliphatic heterocycles. The second-order valence-corrected chi connectivity index (χ2v) is 6.48. The molecule has 0 amide bonds. The Morgan fingerprint density at radius 3 is 2.44 bits per heavy atom. The Labute approximate surface area is 115 Å². The Balaban J connectivity index is 2.24. The maximum atomic E-state index is 3.77. The third kappa shape index (κ3) is 6.78. The van der Waals surface area contributed by atoms with E-state index in [1.165, 1.54) is 70.8 Å². The van der Waals surface area contributed by atoms with Crippen LogP contribution in [0.4, 0.5) is 0 Å². The van der Waals surface area contributed by atoms with Crippen LogP contribution in [0.15, 0.2) is 0 Å². The van der Waals surface area contributed by atoms with Gasteiger partial charge in [-0.15, -0.1) is 0 Å². The minimum atomic E-state index is 0.779. The molecule has 1 nitrogen and oxygen atoms in total. The van der Waals surface area contributed by atoms with Gasteiger partial charge < -0.3 is 5.32 Å². The standard InChI is InChI=1S/C17H35N/c1-4-13-18-17(14-15(3)5-2)12-11-16-9-7-6-8-10-16/h15-18H,4-14H2,1-3H3. The molecule has 18 heavy (non-hydrogen) atoms. The second-order valence-electron chi connectivity index (χ2n) is 6.48. The van der Waals surface area contributed by atoms with Crippen molar-refractivity contribution in [3.63, 3.8) is 0 Å². The van der Waals surface area contributed by atoms with Gasteiger partial charge in [0.05, 0.1) is 0 Å². The SMILES string of the molecule is CCCNC(CCC1CCCCC1)CC(C)CC. The average molecular weight is 253 g/mol. The first-order chi connectivity index (χ1) is 8.76. The Bertz CT molecular complexity index is 184. The van der Waals surface area contributed by atoms with Crippen LogP contribution in [-0.4, -0.2) is 12.6 Å². The quantitative estimate of drug-likeness (QED) is 0.599. The average Bonchev–Trinajstić information content (AvgIpc) is 2.42. The summed E-state index contributed by atoms with van der Waals surface area (Å²) < 4.78 is 0. The Morgan fingerprint density at radius 2 is 1.83 bits per heavy atom. The molecule has 1 saturated carbocycles. The molecular weight excluding hydrogens is 218 g/mol. The van der Waals surface area contributed by atoms with Gasteiger partial charge in [0, 0.05) is 6.04 Å². The van der Waals surface area contributed by atoms with Gasteiger partial charge in [-0.3, -0.25) is 0 Å². The smallest absolute Gasteiger partial charge is 0.00696 e. The first-order valence-corrected chi connectivity index (χ1v) is 8.49. The van der Waals surface area contributed by atoms with Crippen molar-refractivity contribution in [3.8, 4) is 0 Å². The van der Waals surface area contributed by atoms with Crippen molar-refractivity contribution in [1.29, 1.82) is 0 Å². The van der Waals surface area contributed by atoms with Crippen LogP contribution in [-0.2, 0) is 0 Å². The van der Waals surface area contributed by atoms with E-state index in [4.69, 9.17) is 0 Å². The lowest BCUT2D eigenvalue weighted by molar-refractivity contribution is 0.295. The van der Waals surface area contributed by atoms with Crippen LogP contribution in [0.5, 0.6) is 0 Å². The summed E-state index contributed by atoms with van der Waals surface area (Å²) in [6, 6.07) is 0.779. The van der Waals surface area contributed by atoms with Crippen LogP contribution < -0.4 is 5.32 Å². The highest BCUT2D eigenvalue weighted by molar-refractivity contribution is 4.73. The highest BCUT2D eigenvalue weighted by atomic mass is 14.9. The van der Waals surface area contributed by atoms with E-state index in [0.29, 0.717) is 0 Å². The van der Waals surface area contributed by atoms with E-state index in [-0.39, 0.29) is 0 Å². The van der Waals surface area contributed by atoms with Crippen LogP contribution in [0.3, 0.4) is 0 Å². The van der Waals surface area contributed by atoms with Gasteiger partial charge in [-0.1, -0.05) is 59.3 Å². The molecule has 0 heterocycles. The fourth-order valence-electron chi connectivity index (χ4n) is 3.22. The van der Waals surface area contributed by atoms with Gasteiger partial charge in [0.25, 0.3) is 0 Å². The summed E-state index contributed by atoms with van der Waals surface area (Å²) >= 11 is 0. The first-order valence-electron chi connectivity index (χ1n) is 8.49. The summed E-state index contributed by atoms with van der Waals surface area (Å²) in [6.07, 6.45) is 14.3. The molecule has 0 spiro atoms. The van der Waals surface area contributed by atoms with Crippen molar-refractivity contribution < 1.29 is 0 Å². The zero-order valence-corrected chi connectivity index (χ0v) is 13.0. The molecule has 2 atom stereocenters. The van der Waals surface area contributed by atoms with Gasteiger partial charge >= 0.3 is 0 Å². The lowest BCUT2D eigenvalue weighted by atomic mass is 9.84. The molecule has 1 rings (SSSR count). The van der Waals surface area contributed by atoms with E-state index in [1.807, 2.05) is 0 Å². The third-order valence-corrected chi connectivity index (χ3v) is 4.71. The summed E-state index contributed by atoms with van der Waals surface area (Å²) in [6.45, 7) is 8.20. The Hall–Kier alpha value is -0.0400. The van der Waals surface area contributed by atoms with Crippen molar-refractivity contribution in [2.45, 2.75) is 91.0 Å². The molecule has 1 heteroatoms. The monoisotopic (exact) mass is 253 g/mol. The molecule has 1 aliphatic rings. The summed E-state index contributed by atoms with van der Waals surface area (Å²) in [5.74, 6) is 1.92. The summed E-state index contributed by atoms with van der Waals surface area (Å²) in [5, 5.41) is 3.77. The van der Waals surface area contributed by atoms with E-state index in [1.54, 1.807) is 0 Å². The van der Waals surface area contributed by atoms with Gasteiger partial charge in [-0.25, -0.2) is 0 Å². The largest absolute Gasteiger partial charge is 0.314 e. The summed E-state index contributed by atoms with van der Waals surface area (Å²) in [4.78, 5) is 0. The number of hydrogen-bond donors (Lipinski definition) is 1.